The zero-order valence-electron chi connectivity index (χ0n) is 9.23. The van der Waals surface area contributed by atoms with Crippen LogP contribution in [0.2, 0.25) is 0 Å². The summed E-state index contributed by atoms with van der Waals surface area (Å²) >= 11 is 0. The van der Waals surface area contributed by atoms with Gasteiger partial charge in [-0.15, -0.1) is 6.42 Å². The Morgan fingerprint density at radius 3 is 2.56 bits per heavy atom. The first kappa shape index (κ1) is 12.3. The Hall–Kier alpha value is -1.79. The van der Waals surface area contributed by atoms with Crippen molar-refractivity contribution in [3.63, 3.8) is 0 Å². The average Bonchev–Trinajstić information content (AvgIpc) is 2.31. The van der Waals surface area contributed by atoms with Crippen molar-refractivity contribution in [1.82, 2.24) is 5.32 Å². The Balaban J connectivity index is 2.56. The second kappa shape index (κ2) is 5.94. The third-order valence-electron chi connectivity index (χ3n) is 2.36. The maximum Gasteiger partial charge on any atom is 0.335 e. The number of carboxylic acids is 1. The molecule has 1 atom stereocenters. The lowest BCUT2D eigenvalue weighted by molar-refractivity contribution is 0.0697. The highest BCUT2D eigenvalue weighted by Gasteiger charge is 2.03. The van der Waals surface area contributed by atoms with E-state index < -0.39 is 5.97 Å². The Kier molecular flexibility index (Phi) is 4.56. The Morgan fingerprint density at radius 1 is 1.50 bits per heavy atom. The number of nitrogens with one attached hydrogen (secondary N) is 1. The molecule has 0 heterocycles. The van der Waals surface area contributed by atoms with Gasteiger partial charge in [-0.3, -0.25) is 5.32 Å². The van der Waals surface area contributed by atoms with Crippen molar-refractivity contribution in [3.05, 3.63) is 35.4 Å². The molecular formula is C13H15NO2. The summed E-state index contributed by atoms with van der Waals surface area (Å²) in [6.07, 6.45) is 6.20. The topological polar surface area (TPSA) is 49.3 Å². The first-order chi connectivity index (χ1) is 7.67. The summed E-state index contributed by atoms with van der Waals surface area (Å²) in [7, 11) is 0. The van der Waals surface area contributed by atoms with Crippen LogP contribution < -0.4 is 5.32 Å². The van der Waals surface area contributed by atoms with E-state index in [1.807, 2.05) is 6.92 Å². The predicted octanol–water partition coefficient (Wildman–Crippen LogP) is 1.89. The van der Waals surface area contributed by atoms with E-state index in [1.54, 1.807) is 24.3 Å². The standard InChI is InChI=1S/C13H15NO2/c1-3-12(4-2)14-9-10-5-7-11(8-6-10)13(15)16/h1,5-8,12,14H,4,9H2,2H3,(H,15,16). The summed E-state index contributed by atoms with van der Waals surface area (Å²) in [4.78, 5) is 10.6. The quantitative estimate of drug-likeness (QED) is 0.740. The van der Waals surface area contributed by atoms with Crippen LogP contribution in [0.3, 0.4) is 0 Å². The third-order valence-corrected chi connectivity index (χ3v) is 2.36. The van der Waals surface area contributed by atoms with Gasteiger partial charge in [0, 0.05) is 6.54 Å². The molecule has 0 saturated heterocycles. The Morgan fingerprint density at radius 2 is 2.12 bits per heavy atom. The van der Waals surface area contributed by atoms with Crippen molar-refractivity contribution in [2.45, 2.75) is 25.9 Å². The monoisotopic (exact) mass is 217 g/mol. The van der Waals surface area contributed by atoms with Crippen LogP contribution in [0.5, 0.6) is 0 Å². The lowest BCUT2D eigenvalue weighted by atomic mass is 10.1. The molecule has 2 N–H and O–H groups in total. The number of rotatable bonds is 5. The molecule has 0 spiro atoms. The lowest BCUT2D eigenvalue weighted by Crippen LogP contribution is -2.26. The fraction of sp³-hybridized carbons (Fsp3) is 0.308. The Bertz CT molecular complexity index is 389. The number of carboxylic acid groups (broad SMARTS) is 1. The number of hydrogen-bond acceptors (Lipinski definition) is 2. The molecule has 16 heavy (non-hydrogen) atoms. The number of benzene rings is 1. The molecule has 0 radical (unpaired) electrons. The van der Waals surface area contributed by atoms with Gasteiger partial charge >= 0.3 is 5.97 Å². The lowest BCUT2D eigenvalue weighted by Gasteiger charge is -2.10. The van der Waals surface area contributed by atoms with Gasteiger partial charge in [-0.05, 0) is 24.1 Å². The van der Waals surface area contributed by atoms with Gasteiger partial charge in [0.15, 0.2) is 0 Å². The normalized spacial score (nSPS) is 11.8. The summed E-state index contributed by atoms with van der Waals surface area (Å²) < 4.78 is 0. The third kappa shape index (κ3) is 3.41. The Labute approximate surface area is 95.5 Å². The molecule has 1 rings (SSSR count). The van der Waals surface area contributed by atoms with Crippen LogP contribution in [-0.4, -0.2) is 17.1 Å². The summed E-state index contributed by atoms with van der Waals surface area (Å²) in [5.74, 6) is 1.74. The van der Waals surface area contributed by atoms with E-state index in [9.17, 15) is 4.79 Å². The van der Waals surface area contributed by atoms with Crippen LogP contribution in [0.15, 0.2) is 24.3 Å². The van der Waals surface area contributed by atoms with Crippen LogP contribution in [0.1, 0.15) is 29.3 Å². The molecule has 1 aromatic carbocycles. The second-order valence-corrected chi connectivity index (χ2v) is 3.51. The van der Waals surface area contributed by atoms with E-state index in [1.165, 1.54) is 0 Å². The van der Waals surface area contributed by atoms with Crippen molar-refractivity contribution in [2.24, 2.45) is 0 Å². The largest absolute Gasteiger partial charge is 0.478 e. The van der Waals surface area contributed by atoms with Crippen molar-refractivity contribution in [3.8, 4) is 12.3 Å². The van der Waals surface area contributed by atoms with E-state index >= 15 is 0 Å². The molecule has 1 unspecified atom stereocenters. The molecule has 3 heteroatoms. The molecule has 0 fully saturated rings. The molecule has 0 aliphatic rings. The van der Waals surface area contributed by atoms with E-state index in [0.29, 0.717) is 12.1 Å². The van der Waals surface area contributed by atoms with Gasteiger partial charge in [0.25, 0.3) is 0 Å². The zero-order valence-corrected chi connectivity index (χ0v) is 9.23. The first-order valence-corrected chi connectivity index (χ1v) is 5.19. The van der Waals surface area contributed by atoms with E-state index in [0.717, 1.165) is 12.0 Å². The summed E-state index contributed by atoms with van der Waals surface area (Å²) in [5, 5.41) is 11.9. The number of carbonyl (C=O) groups is 1. The minimum absolute atomic E-state index is 0.0687. The number of hydrogen-bond donors (Lipinski definition) is 2. The van der Waals surface area contributed by atoms with Crippen molar-refractivity contribution < 1.29 is 9.90 Å². The minimum Gasteiger partial charge on any atom is -0.478 e. The molecule has 0 amide bonds. The maximum atomic E-state index is 10.6. The van der Waals surface area contributed by atoms with Crippen LogP contribution in [-0.2, 0) is 6.54 Å². The van der Waals surface area contributed by atoms with E-state index in [2.05, 4.69) is 11.2 Å². The SMILES string of the molecule is C#CC(CC)NCc1ccc(C(=O)O)cc1. The van der Waals surface area contributed by atoms with Gasteiger partial charge in [-0.25, -0.2) is 4.79 Å². The smallest absolute Gasteiger partial charge is 0.335 e. The van der Waals surface area contributed by atoms with E-state index in [4.69, 9.17) is 11.5 Å². The van der Waals surface area contributed by atoms with Gasteiger partial charge in [-0.2, -0.15) is 0 Å². The molecule has 0 aromatic heterocycles. The molecule has 1 aromatic rings. The maximum absolute atomic E-state index is 10.6. The molecule has 0 aliphatic carbocycles. The second-order valence-electron chi connectivity index (χ2n) is 3.51. The first-order valence-electron chi connectivity index (χ1n) is 5.19. The predicted molar refractivity (Wildman–Crippen MR) is 63.2 cm³/mol. The van der Waals surface area contributed by atoms with Gasteiger partial charge in [0.05, 0.1) is 11.6 Å². The van der Waals surface area contributed by atoms with Crippen LogP contribution in [0.4, 0.5) is 0 Å². The molecule has 0 saturated carbocycles. The highest BCUT2D eigenvalue weighted by molar-refractivity contribution is 5.87. The fourth-order valence-electron chi connectivity index (χ4n) is 1.33. The molecule has 0 bridgehead atoms. The van der Waals surface area contributed by atoms with Gasteiger partial charge in [0.2, 0.25) is 0 Å². The molecule has 0 aliphatic heterocycles. The van der Waals surface area contributed by atoms with Crippen molar-refractivity contribution in [1.29, 1.82) is 0 Å². The van der Waals surface area contributed by atoms with Crippen molar-refractivity contribution >= 4 is 5.97 Å². The summed E-state index contributed by atoms with van der Waals surface area (Å²) in [6, 6.07) is 6.84. The molecule has 3 nitrogen and oxygen atoms in total. The van der Waals surface area contributed by atoms with Crippen LogP contribution in [0, 0.1) is 12.3 Å². The molecular weight excluding hydrogens is 202 g/mol. The summed E-state index contributed by atoms with van der Waals surface area (Å²) in [6.45, 7) is 2.67. The highest BCUT2D eigenvalue weighted by atomic mass is 16.4. The highest BCUT2D eigenvalue weighted by Crippen LogP contribution is 2.04. The average molecular weight is 217 g/mol. The number of terminal acetylenes is 1. The van der Waals surface area contributed by atoms with Crippen LogP contribution >= 0.6 is 0 Å². The molecule has 84 valence electrons. The summed E-state index contributed by atoms with van der Waals surface area (Å²) in [5.41, 5.74) is 1.33. The van der Waals surface area contributed by atoms with Gasteiger partial charge in [0.1, 0.15) is 0 Å². The fourth-order valence-corrected chi connectivity index (χ4v) is 1.33. The zero-order chi connectivity index (χ0) is 12.0. The van der Waals surface area contributed by atoms with Gasteiger partial charge < -0.3 is 5.11 Å². The van der Waals surface area contributed by atoms with Gasteiger partial charge in [-0.1, -0.05) is 25.0 Å². The van der Waals surface area contributed by atoms with Crippen LogP contribution in [0.25, 0.3) is 0 Å². The minimum atomic E-state index is -0.908. The van der Waals surface area contributed by atoms with E-state index in [-0.39, 0.29) is 6.04 Å². The number of aromatic carboxylic acids is 1. The van der Waals surface area contributed by atoms with Crippen molar-refractivity contribution in [2.75, 3.05) is 0 Å².